The zero-order valence-corrected chi connectivity index (χ0v) is 12.8. The maximum absolute atomic E-state index is 12.8. The highest BCUT2D eigenvalue weighted by Crippen LogP contribution is 2.26. The maximum atomic E-state index is 12.8. The summed E-state index contributed by atoms with van der Waals surface area (Å²) in [4.78, 5) is 15.0. The van der Waals surface area contributed by atoms with Crippen LogP contribution >= 0.6 is 0 Å². The van der Waals surface area contributed by atoms with Crippen molar-refractivity contribution in [2.75, 3.05) is 26.3 Å². The summed E-state index contributed by atoms with van der Waals surface area (Å²) in [5.74, 6) is 0.463. The summed E-state index contributed by atoms with van der Waals surface area (Å²) >= 11 is 0. The number of carbonyl (C=O) groups excluding carboxylic acids is 1. The number of ether oxygens (including phenoxy) is 1. The molecular weight excluding hydrogens is 266 g/mol. The topological polar surface area (TPSA) is 42.7 Å². The molecule has 4 heteroatoms. The highest BCUT2D eigenvalue weighted by molar-refractivity contribution is 6.03. The van der Waals surface area contributed by atoms with Crippen LogP contribution in [-0.2, 0) is 4.74 Å². The third-order valence-corrected chi connectivity index (χ3v) is 4.25. The number of rotatable bonds is 3. The molecule has 0 radical (unpaired) electrons. The van der Waals surface area contributed by atoms with Crippen LogP contribution in [0.5, 0.6) is 0 Å². The SMILES string of the molecule is Cc1ccc2oc(C(=O)C(C)(C)N3CCOCC3)cc2c1. The highest BCUT2D eigenvalue weighted by atomic mass is 16.5. The van der Waals surface area contributed by atoms with Crippen LogP contribution in [0.3, 0.4) is 0 Å². The molecule has 1 fully saturated rings. The molecule has 3 rings (SSSR count). The van der Waals surface area contributed by atoms with E-state index in [9.17, 15) is 4.79 Å². The van der Waals surface area contributed by atoms with Crippen molar-refractivity contribution in [3.05, 3.63) is 35.6 Å². The van der Waals surface area contributed by atoms with Gasteiger partial charge in [-0.3, -0.25) is 9.69 Å². The number of hydrogen-bond acceptors (Lipinski definition) is 4. The third kappa shape index (κ3) is 2.61. The molecule has 1 aromatic carbocycles. The Labute approximate surface area is 124 Å². The lowest BCUT2D eigenvalue weighted by molar-refractivity contribution is -0.00514. The number of furan rings is 1. The van der Waals surface area contributed by atoms with Crippen molar-refractivity contribution in [1.82, 2.24) is 4.90 Å². The summed E-state index contributed by atoms with van der Waals surface area (Å²) in [6.45, 7) is 8.85. The van der Waals surface area contributed by atoms with Gasteiger partial charge in [0.15, 0.2) is 5.76 Å². The molecule has 0 unspecified atom stereocenters. The number of Topliss-reactive ketones (excluding diaryl/α,β-unsaturated/α-hetero) is 1. The number of morpholine rings is 1. The van der Waals surface area contributed by atoms with Gasteiger partial charge < -0.3 is 9.15 Å². The molecule has 0 N–H and O–H groups in total. The zero-order chi connectivity index (χ0) is 15.0. The molecule has 0 atom stereocenters. The average Bonchev–Trinajstić information content (AvgIpc) is 2.90. The summed E-state index contributed by atoms with van der Waals surface area (Å²) in [7, 11) is 0. The number of ketones is 1. The van der Waals surface area contributed by atoms with Gasteiger partial charge in [0.2, 0.25) is 5.78 Å². The van der Waals surface area contributed by atoms with E-state index in [1.54, 1.807) is 0 Å². The average molecular weight is 287 g/mol. The van der Waals surface area contributed by atoms with E-state index in [1.807, 2.05) is 45.0 Å². The van der Waals surface area contributed by atoms with E-state index in [2.05, 4.69) is 4.90 Å². The second-order valence-corrected chi connectivity index (χ2v) is 6.14. The first kappa shape index (κ1) is 14.3. The van der Waals surface area contributed by atoms with Gasteiger partial charge in [0.25, 0.3) is 0 Å². The Morgan fingerprint density at radius 1 is 1.19 bits per heavy atom. The number of carbonyl (C=O) groups is 1. The Kier molecular flexibility index (Phi) is 3.59. The number of aryl methyl sites for hydroxylation is 1. The van der Waals surface area contributed by atoms with Gasteiger partial charge in [-0.1, -0.05) is 11.6 Å². The van der Waals surface area contributed by atoms with Crippen molar-refractivity contribution in [2.24, 2.45) is 0 Å². The highest BCUT2D eigenvalue weighted by Gasteiger charge is 2.37. The Bertz CT molecular complexity index is 666. The minimum atomic E-state index is -0.577. The van der Waals surface area contributed by atoms with E-state index < -0.39 is 5.54 Å². The molecule has 21 heavy (non-hydrogen) atoms. The molecule has 0 amide bonds. The van der Waals surface area contributed by atoms with E-state index >= 15 is 0 Å². The first-order chi connectivity index (χ1) is 9.98. The minimum Gasteiger partial charge on any atom is -0.453 e. The van der Waals surface area contributed by atoms with Crippen molar-refractivity contribution < 1.29 is 13.9 Å². The fraction of sp³-hybridized carbons (Fsp3) is 0.471. The smallest absolute Gasteiger partial charge is 0.217 e. The fourth-order valence-corrected chi connectivity index (χ4v) is 2.84. The molecule has 1 aliphatic rings. The molecule has 0 spiro atoms. The molecule has 2 aromatic rings. The van der Waals surface area contributed by atoms with E-state index in [1.165, 1.54) is 0 Å². The Morgan fingerprint density at radius 3 is 2.62 bits per heavy atom. The first-order valence-corrected chi connectivity index (χ1v) is 7.36. The summed E-state index contributed by atoms with van der Waals surface area (Å²) in [5, 5.41) is 0.983. The lowest BCUT2D eigenvalue weighted by Crippen LogP contribution is -2.54. The van der Waals surface area contributed by atoms with E-state index in [0.717, 1.165) is 29.6 Å². The van der Waals surface area contributed by atoms with Crippen LogP contribution in [0.4, 0.5) is 0 Å². The summed E-state index contributed by atoms with van der Waals surface area (Å²) in [5.41, 5.74) is 1.35. The van der Waals surface area contributed by atoms with Crippen LogP contribution < -0.4 is 0 Å². The number of fused-ring (bicyclic) bond motifs is 1. The van der Waals surface area contributed by atoms with Crippen LogP contribution in [0.1, 0.15) is 30.0 Å². The van der Waals surface area contributed by atoms with Gasteiger partial charge in [-0.25, -0.2) is 0 Å². The predicted octanol–water partition coefficient (Wildman–Crippen LogP) is 3.03. The van der Waals surface area contributed by atoms with Crippen molar-refractivity contribution >= 4 is 16.8 Å². The van der Waals surface area contributed by atoms with Gasteiger partial charge in [0.1, 0.15) is 5.58 Å². The van der Waals surface area contributed by atoms with Crippen LogP contribution in [0.2, 0.25) is 0 Å². The lowest BCUT2D eigenvalue weighted by Gasteiger charge is -2.38. The summed E-state index contributed by atoms with van der Waals surface area (Å²) in [6.07, 6.45) is 0. The molecule has 0 aliphatic carbocycles. The van der Waals surface area contributed by atoms with Crippen LogP contribution in [0.15, 0.2) is 28.7 Å². The van der Waals surface area contributed by atoms with Crippen molar-refractivity contribution in [2.45, 2.75) is 26.3 Å². The molecule has 2 heterocycles. The second-order valence-electron chi connectivity index (χ2n) is 6.14. The molecule has 0 bridgehead atoms. The van der Waals surface area contributed by atoms with Crippen LogP contribution in [0, 0.1) is 6.92 Å². The summed E-state index contributed by atoms with van der Waals surface area (Å²) in [6, 6.07) is 7.81. The molecule has 1 aromatic heterocycles. The van der Waals surface area contributed by atoms with E-state index in [0.29, 0.717) is 19.0 Å². The predicted molar refractivity (Wildman–Crippen MR) is 81.8 cm³/mol. The van der Waals surface area contributed by atoms with Crippen LogP contribution in [0.25, 0.3) is 11.0 Å². The minimum absolute atomic E-state index is 0.0262. The monoisotopic (exact) mass is 287 g/mol. The molecule has 0 saturated carbocycles. The van der Waals surface area contributed by atoms with E-state index in [4.69, 9.17) is 9.15 Å². The van der Waals surface area contributed by atoms with Gasteiger partial charge in [-0.15, -0.1) is 0 Å². The second kappa shape index (κ2) is 5.28. The van der Waals surface area contributed by atoms with Gasteiger partial charge >= 0.3 is 0 Å². The molecular formula is C17H21NO3. The van der Waals surface area contributed by atoms with Gasteiger partial charge in [-0.2, -0.15) is 0 Å². The lowest BCUT2D eigenvalue weighted by atomic mass is 9.94. The number of hydrogen-bond donors (Lipinski definition) is 0. The number of nitrogens with zero attached hydrogens (tertiary/aromatic N) is 1. The van der Waals surface area contributed by atoms with Gasteiger partial charge in [0, 0.05) is 18.5 Å². The molecule has 1 aliphatic heterocycles. The first-order valence-electron chi connectivity index (χ1n) is 7.36. The maximum Gasteiger partial charge on any atom is 0.217 e. The molecule has 112 valence electrons. The Morgan fingerprint density at radius 2 is 1.90 bits per heavy atom. The largest absolute Gasteiger partial charge is 0.453 e. The fourth-order valence-electron chi connectivity index (χ4n) is 2.84. The quantitative estimate of drug-likeness (QED) is 0.814. The molecule has 4 nitrogen and oxygen atoms in total. The van der Waals surface area contributed by atoms with Crippen molar-refractivity contribution in [3.63, 3.8) is 0 Å². The Hall–Kier alpha value is -1.65. The molecule has 1 saturated heterocycles. The normalized spacial score (nSPS) is 17.3. The van der Waals surface area contributed by atoms with Crippen molar-refractivity contribution in [3.8, 4) is 0 Å². The standard InChI is InChI=1S/C17H21NO3/c1-12-4-5-14-13(10-12)11-15(21-14)16(19)17(2,3)18-6-8-20-9-7-18/h4-5,10-11H,6-9H2,1-3H3. The van der Waals surface area contributed by atoms with Crippen molar-refractivity contribution in [1.29, 1.82) is 0 Å². The van der Waals surface area contributed by atoms with Gasteiger partial charge in [-0.05, 0) is 39.0 Å². The van der Waals surface area contributed by atoms with Crippen LogP contribution in [-0.4, -0.2) is 42.5 Å². The number of benzene rings is 1. The van der Waals surface area contributed by atoms with E-state index in [-0.39, 0.29) is 5.78 Å². The zero-order valence-electron chi connectivity index (χ0n) is 12.8. The summed E-state index contributed by atoms with van der Waals surface area (Å²) < 4.78 is 11.1. The van der Waals surface area contributed by atoms with Gasteiger partial charge in [0.05, 0.1) is 18.8 Å². The Balaban J connectivity index is 1.91. The third-order valence-electron chi connectivity index (χ3n) is 4.25.